The summed E-state index contributed by atoms with van der Waals surface area (Å²) >= 11 is 0. The molecule has 2 N–H and O–H groups in total. The van der Waals surface area contributed by atoms with Gasteiger partial charge in [0, 0.05) is 32.7 Å². The quantitative estimate of drug-likeness (QED) is 0.445. The van der Waals surface area contributed by atoms with E-state index in [1.807, 2.05) is 13.8 Å². The van der Waals surface area contributed by atoms with Crippen molar-refractivity contribution in [3.8, 4) is 0 Å². The monoisotopic (exact) mass is 422 g/mol. The standard InChI is InChI=1S/C22H37O2.Y/c1-15(2)18(14-23)13-19(24)9-8-17(4)21-11-10-20-16(3)7-6-12-22(20,21)5;/h3,17,19-21,23-24H,6-14H2,1-2,4-5H3;/q-1;/t17?,19?,20?,21-,22+;/m1./s1. The van der Waals surface area contributed by atoms with Crippen molar-refractivity contribution < 1.29 is 42.9 Å². The second kappa shape index (κ2) is 10.2. The number of aliphatic hydroxyl groups excluding tert-OH is 2. The van der Waals surface area contributed by atoms with Gasteiger partial charge in [0.25, 0.3) is 0 Å². The van der Waals surface area contributed by atoms with Gasteiger partial charge in [0.1, 0.15) is 0 Å². The molecular formula is C22H37O2Y-. The van der Waals surface area contributed by atoms with Crippen molar-refractivity contribution in [3.05, 3.63) is 23.3 Å². The van der Waals surface area contributed by atoms with Crippen LogP contribution in [0.25, 0.3) is 0 Å². The maximum Gasteiger partial charge on any atom is 0.0645 e. The predicted octanol–water partition coefficient (Wildman–Crippen LogP) is 5.06. The van der Waals surface area contributed by atoms with Gasteiger partial charge >= 0.3 is 0 Å². The zero-order valence-corrected chi connectivity index (χ0v) is 19.6. The van der Waals surface area contributed by atoms with Gasteiger partial charge in [-0.05, 0) is 81.1 Å². The van der Waals surface area contributed by atoms with Crippen LogP contribution in [0.4, 0.5) is 0 Å². The minimum Gasteiger partial charge on any atom is -0.514 e. The molecule has 0 aromatic carbocycles. The van der Waals surface area contributed by atoms with Crippen LogP contribution in [0.5, 0.6) is 0 Å². The first-order valence-corrected chi connectivity index (χ1v) is 9.85. The van der Waals surface area contributed by atoms with E-state index in [0.717, 1.165) is 36.3 Å². The van der Waals surface area contributed by atoms with E-state index in [1.165, 1.54) is 31.3 Å². The number of hydrogen-bond acceptors (Lipinski definition) is 2. The Kier molecular flexibility index (Phi) is 9.57. The number of rotatable bonds is 7. The normalized spacial score (nSPS) is 31.0. The minimum atomic E-state index is -0.336. The van der Waals surface area contributed by atoms with Gasteiger partial charge < -0.3 is 16.8 Å². The van der Waals surface area contributed by atoms with Crippen molar-refractivity contribution in [3.63, 3.8) is 0 Å². The summed E-state index contributed by atoms with van der Waals surface area (Å²) in [5.41, 5.74) is 3.74. The van der Waals surface area contributed by atoms with Crippen molar-refractivity contribution in [1.82, 2.24) is 0 Å². The largest absolute Gasteiger partial charge is 0.514 e. The van der Waals surface area contributed by atoms with Crippen molar-refractivity contribution in [2.75, 3.05) is 6.61 Å². The molecule has 2 aliphatic rings. The van der Waals surface area contributed by atoms with Gasteiger partial charge in [0.2, 0.25) is 0 Å². The Bertz CT molecular complexity index is 480. The Labute approximate surface area is 180 Å². The maximum absolute atomic E-state index is 10.4. The van der Waals surface area contributed by atoms with Crippen LogP contribution in [0.2, 0.25) is 0 Å². The fourth-order valence-corrected chi connectivity index (χ4v) is 5.48. The van der Waals surface area contributed by atoms with Crippen molar-refractivity contribution in [2.45, 2.75) is 85.2 Å². The SMILES string of the molecule is [CH-]=C1CCC[C@@]2(C)C1CC[C@@H]2C(C)CCC(O)CC(CO)=C(C)C.[Y]. The molecule has 0 saturated heterocycles. The van der Waals surface area contributed by atoms with E-state index < -0.39 is 0 Å². The second-order valence-electron chi connectivity index (χ2n) is 8.84. The molecule has 2 rings (SSSR count). The van der Waals surface area contributed by atoms with Gasteiger partial charge in [-0.2, -0.15) is 0 Å². The van der Waals surface area contributed by atoms with Gasteiger partial charge in [-0.1, -0.05) is 32.3 Å². The van der Waals surface area contributed by atoms with E-state index in [2.05, 4.69) is 13.8 Å². The maximum atomic E-state index is 10.4. The summed E-state index contributed by atoms with van der Waals surface area (Å²) in [6, 6.07) is 0. The van der Waals surface area contributed by atoms with Crippen LogP contribution in [0.3, 0.4) is 0 Å². The van der Waals surface area contributed by atoms with Gasteiger partial charge in [0.05, 0.1) is 12.7 Å². The van der Waals surface area contributed by atoms with E-state index >= 15 is 0 Å². The molecule has 2 fully saturated rings. The molecule has 2 saturated carbocycles. The molecule has 2 aliphatic carbocycles. The Hall–Kier alpha value is 0.504. The Morgan fingerprint density at radius 1 is 1.28 bits per heavy atom. The molecule has 0 aromatic rings. The third kappa shape index (κ3) is 5.50. The second-order valence-corrected chi connectivity index (χ2v) is 8.84. The summed E-state index contributed by atoms with van der Waals surface area (Å²) in [4.78, 5) is 0. The molecular weight excluding hydrogens is 385 g/mol. The molecule has 0 aromatic heterocycles. The van der Waals surface area contributed by atoms with Crippen molar-refractivity contribution in [2.24, 2.45) is 23.2 Å². The molecule has 2 nitrogen and oxygen atoms in total. The summed E-state index contributed by atoms with van der Waals surface area (Å²) < 4.78 is 0. The summed E-state index contributed by atoms with van der Waals surface area (Å²) in [5, 5.41) is 19.8. The topological polar surface area (TPSA) is 40.5 Å². The number of hydrogen-bond donors (Lipinski definition) is 2. The van der Waals surface area contributed by atoms with Crippen LogP contribution < -0.4 is 0 Å². The van der Waals surface area contributed by atoms with E-state index in [-0.39, 0.29) is 45.4 Å². The third-order valence-electron chi connectivity index (χ3n) is 7.06. The molecule has 1 radical (unpaired) electrons. The van der Waals surface area contributed by atoms with Crippen molar-refractivity contribution in [1.29, 1.82) is 0 Å². The Morgan fingerprint density at radius 3 is 2.56 bits per heavy atom. The fraction of sp³-hybridized carbons (Fsp3) is 0.818. The van der Waals surface area contributed by atoms with E-state index in [9.17, 15) is 10.2 Å². The summed E-state index contributed by atoms with van der Waals surface area (Å²) in [7, 11) is 0. The molecule has 0 bridgehead atoms. The predicted molar refractivity (Wildman–Crippen MR) is 100 cm³/mol. The van der Waals surface area contributed by atoms with Gasteiger partial charge in [0.15, 0.2) is 0 Å². The minimum absolute atomic E-state index is 0. The van der Waals surface area contributed by atoms with Crippen LogP contribution in [0.1, 0.15) is 79.1 Å². The Morgan fingerprint density at radius 2 is 1.96 bits per heavy atom. The van der Waals surface area contributed by atoms with Crippen LogP contribution in [-0.2, 0) is 32.7 Å². The Balaban J connectivity index is 0.00000312. The molecule has 0 heterocycles. The molecule has 0 spiro atoms. The number of aliphatic hydroxyl groups is 2. The van der Waals surface area contributed by atoms with E-state index in [0.29, 0.717) is 23.7 Å². The molecule has 5 atom stereocenters. The average molecular weight is 422 g/mol. The third-order valence-corrected chi connectivity index (χ3v) is 7.06. The zero-order valence-electron chi connectivity index (χ0n) is 16.7. The van der Waals surface area contributed by atoms with Crippen LogP contribution in [-0.4, -0.2) is 22.9 Å². The van der Waals surface area contributed by atoms with Crippen LogP contribution >= 0.6 is 0 Å². The van der Waals surface area contributed by atoms with Gasteiger partial charge in [-0.15, -0.1) is 0 Å². The molecule has 3 unspecified atom stereocenters. The van der Waals surface area contributed by atoms with Crippen LogP contribution in [0, 0.1) is 29.7 Å². The first-order valence-electron chi connectivity index (χ1n) is 9.85. The van der Waals surface area contributed by atoms with E-state index in [4.69, 9.17) is 6.58 Å². The molecule has 141 valence electrons. The average Bonchev–Trinajstić information content (AvgIpc) is 2.88. The number of allylic oxidation sites excluding steroid dienone is 2. The molecule has 3 heteroatoms. The van der Waals surface area contributed by atoms with Crippen molar-refractivity contribution >= 4 is 0 Å². The number of fused-ring (bicyclic) bond motifs is 1. The van der Waals surface area contributed by atoms with E-state index in [1.54, 1.807) is 0 Å². The van der Waals surface area contributed by atoms with Gasteiger partial charge in [-0.25, -0.2) is 0 Å². The molecule has 0 amide bonds. The first-order chi connectivity index (χ1) is 11.3. The van der Waals surface area contributed by atoms with Crippen LogP contribution in [0.15, 0.2) is 16.7 Å². The molecule has 0 aliphatic heterocycles. The summed E-state index contributed by atoms with van der Waals surface area (Å²) in [6.07, 6.45) is 8.37. The fourth-order valence-electron chi connectivity index (χ4n) is 5.48. The first kappa shape index (κ1) is 23.5. The summed E-state index contributed by atoms with van der Waals surface area (Å²) in [6.45, 7) is 15.2. The van der Waals surface area contributed by atoms with Gasteiger partial charge in [-0.3, -0.25) is 5.57 Å². The smallest absolute Gasteiger partial charge is 0.0645 e. The molecule has 25 heavy (non-hydrogen) atoms. The zero-order chi connectivity index (χ0) is 17.9. The summed E-state index contributed by atoms with van der Waals surface area (Å²) in [5.74, 6) is 1.98.